The van der Waals surface area contributed by atoms with Crippen molar-refractivity contribution in [3.05, 3.63) is 0 Å². The van der Waals surface area contributed by atoms with Crippen LogP contribution >= 0.6 is 0 Å². The van der Waals surface area contributed by atoms with E-state index in [2.05, 4.69) is 25.6 Å². The Bertz CT molecular complexity index is 419. The molecule has 1 aliphatic rings. The molecule has 0 aromatic carbocycles. The molecule has 1 saturated heterocycles. The van der Waals surface area contributed by atoms with Crippen LogP contribution in [0.25, 0.3) is 0 Å². The molecule has 0 spiro atoms. The second kappa shape index (κ2) is 7.23. The average Bonchev–Trinajstić information content (AvgIpc) is 2.46. The highest BCUT2D eigenvalue weighted by molar-refractivity contribution is 5.42. The Balaban J connectivity index is 2.01. The zero-order valence-corrected chi connectivity index (χ0v) is 12.5. The lowest BCUT2D eigenvalue weighted by atomic mass is 10.0. The van der Waals surface area contributed by atoms with E-state index < -0.39 is 0 Å². The first-order valence-electron chi connectivity index (χ1n) is 7.18. The quantitative estimate of drug-likeness (QED) is 0.811. The fourth-order valence-corrected chi connectivity index (χ4v) is 2.07. The molecule has 7 heteroatoms. The number of nitrogens with one attached hydrogen (secondary N) is 2. The van der Waals surface area contributed by atoms with E-state index in [1.54, 1.807) is 0 Å². The molecule has 0 saturated carbocycles. The highest BCUT2D eigenvalue weighted by Crippen LogP contribution is 2.16. The summed E-state index contributed by atoms with van der Waals surface area (Å²) in [5.74, 6) is 2.53. The lowest BCUT2D eigenvalue weighted by molar-refractivity contribution is 0.0699. The molecule has 0 unspecified atom stereocenters. The van der Waals surface area contributed by atoms with E-state index in [1.807, 2.05) is 25.9 Å². The van der Waals surface area contributed by atoms with Gasteiger partial charge >= 0.3 is 0 Å². The van der Waals surface area contributed by atoms with Crippen LogP contribution in [-0.4, -0.2) is 55.4 Å². The summed E-state index contributed by atoms with van der Waals surface area (Å²) in [6.07, 6.45) is 2.19. The number of nitrogens with zero attached hydrogens (tertiary/aromatic N) is 4. The van der Waals surface area contributed by atoms with Crippen molar-refractivity contribution in [3.63, 3.8) is 0 Å². The average molecular weight is 280 g/mol. The van der Waals surface area contributed by atoms with Crippen LogP contribution in [0, 0.1) is 5.92 Å². The number of rotatable bonds is 6. The molecule has 0 aliphatic carbocycles. The SMILES string of the molecule is CCNc1nc(NCC2CCOCC2)nc(N(C)C)n1. The van der Waals surface area contributed by atoms with Crippen molar-refractivity contribution in [2.75, 3.05) is 55.9 Å². The first-order valence-corrected chi connectivity index (χ1v) is 7.18. The maximum atomic E-state index is 5.37. The number of hydrogen-bond acceptors (Lipinski definition) is 7. The van der Waals surface area contributed by atoms with Crippen LogP contribution in [0.15, 0.2) is 0 Å². The molecule has 1 aliphatic heterocycles. The minimum absolute atomic E-state index is 0.612. The van der Waals surface area contributed by atoms with Crippen molar-refractivity contribution in [2.24, 2.45) is 5.92 Å². The number of hydrogen-bond donors (Lipinski definition) is 2. The second-order valence-electron chi connectivity index (χ2n) is 5.14. The summed E-state index contributed by atoms with van der Waals surface area (Å²) in [6.45, 7) is 5.40. The van der Waals surface area contributed by atoms with Gasteiger partial charge in [0.05, 0.1) is 0 Å². The van der Waals surface area contributed by atoms with Crippen molar-refractivity contribution in [3.8, 4) is 0 Å². The van der Waals surface area contributed by atoms with E-state index in [4.69, 9.17) is 4.74 Å². The predicted molar refractivity (Wildman–Crippen MR) is 80.4 cm³/mol. The van der Waals surface area contributed by atoms with Gasteiger partial charge in [0.15, 0.2) is 0 Å². The van der Waals surface area contributed by atoms with Crippen LogP contribution in [0.5, 0.6) is 0 Å². The normalized spacial score (nSPS) is 15.9. The molecule has 112 valence electrons. The molecule has 0 atom stereocenters. The Kier molecular flexibility index (Phi) is 5.34. The highest BCUT2D eigenvalue weighted by Gasteiger charge is 2.14. The molecule has 0 radical (unpaired) electrons. The summed E-state index contributed by atoms with van der Waals surface area (Å²) in [7, 11) is 3.85. The number of aromatic nitrogens is 3. The fraction of sp³-hybridized carbons (Fsp3) is 0.769. The molecule has 0 bridgehead atoms. The maximum absolute atomic E-state index is 5.37. The number of anilines is 3. The minimum atomic E-state index is 0.612. The van der Waals surface area contributed by atoms with Gasteiger partial charge in [-0.25, -0.2) is 0 Å². The molecule has 2 rings (SSSR count). The summed E-state index contributed by atoms with van der Waals surface area (Å²) >= 11 is 0. The predicted octanol–water partition coefficient (Wildman–Crippen LogP) is 1.21. The molecule has 20 heavy (non-hydrogen) atoms. The summed E-state index contributed by atoms with van der Waals surface area (Å²) in [5, 5.41) is 6.46. The highest BCUT2D eigenvalue weighted by atomic mass is 16.5. The second-order valence-corrected chi connectivity index (χ2v) is 5.14. The summed E-state index contributed by atoms with van der Waals surface area (Å²) < 4.78 is 5.37. The Hall–Kier alpha value is -1.63. The van der Waals surface area contributed by atoms with Gasteiger partial charge in [0.25, 0.3) is 0 Å². The largest absolute Gasteiger partial charge is 0.381 e. The fourth-order valence-electron chi connectivity index (χ4n) is 2.07. The third kappa shape index (κ3) is 4.19. The van der Waals surface area contributed by atoms with Gasteiger partial charge in [-0.15, -0.1) is 0 Å². The summed E-state index contributed by atoms with van der Waals surface area (Å²) in [4.78, 5) is 15.0. The van der Waals surface area contributed by atoms with Crippen molar-refractivity contribution >= 4 is 17.8 Å². The monoisotopic (exact) mass is 280 g/mol. The Labute approximate surface area is 120 Å². The first-order chi connectivity index (χ1) is 9.69. The Morgan fingerprint density at radius 3 is 2.35 bits per heavy atom. The summed E-state index contributed by atoms with van der Waals surface area (Å²) in [6, 6.07) is 0. The van der Waals surface area contributed by atoms with Crippen LogP contribution in [0.3, 0.4) is 0 Å². The third-order valence-electron chi connectivity index (χ3n) is 3.25. The van der Waals surface area contributed by atoms with Crippen LogP contribution < -0.4 is 15.5 Å². The van der Waals surface area contributed by atoms with E-state index in [0.29, 0.717) is 23.8 Å². The van der Waals surface area contributed by atoms with Crippen molar-refractivity contribution in [1.82, 2.24) is 15.0 Å². The number of ether oxygens (including phenoxy) is 1. The van der Waals surface area contributed by atoms with Crippen molar-refractivity contribution in [1.29, 1.82) is 0 Å². The van der Waals surface area contributed by atoms with Gasteiger partial charge in [-0.3, -0.25) is 0 Å². The van der Waals surface area contributed by atoms with E-state index >= 15 is 0 Å². The summed E-state index contributed by atoms with van der Waals surface area (Å²) in [5.41, 5.74) is 0. The van der Waals surface area contributed by atoms with Crippen LogP contribution in [0.4, 0.5) is 17.8 Å². The third-order valence-corrected chi connectivity index (χ3v) is 3.25. The van der Waals surface area contributed by atoms with Gasteiger partial charge in [-0.1, -0.05) is 0 Å². The lowest BCUT2D eigenvalue weighted by Gasteiger charge is -2.22. The molecule has 2 N–H and O–H groups in total. The van der Waals surface area contributed by atoms with Gasteiger partial charge in [0, 0.05) is 40.4 Å². The molecular weight excluding hydrogens is 256 g/mol. The van der Waals surface area contributed by atoms with Crippen LogP contribution in [0.2, 0.25) is 0 Å². The molecule has 1 fully saturated rings. The Morgan fingerprint density at radius 1 is 1.10 bits per heavy atom. The molecule has 1 aromatic heterocycles. The van der Waals surface area contributed by atoms with E-state index in [-0.39, 0.29) is 0 Å². The minimum Gasteiger partial charge on any atom is -0.381 e. The first kappa shape index (κ1) is 14.8. The molecule has 0 amide bonds. The van der Waals surface area contributed by atoms with Gasteiger partial charge in [-0.05, 0) is 25.7 Å². The smallest absolute Gasteiger partial charge is 0.231 e. The standard InChI is InChI=1S/C13H24N6O/c1-4-14-11-16-12(18-13(17-11)19(2)3)15-9-10-5-7-20-8-6-10/h10H,4-9H2,1-3H3,(H2,14,15,16,17,18). The molecule has 1 aromatic rings. The topological polar surface area (TPSA) is 75.2 Å². The van der Waals surface area contributed by atoms with Crippen LogP contribution in [-0.2, 0) is 4.74 Å². The molecule has 7 nitrogen and oxygen atoms in total. The Morgan fingerprint density at radius 2 is 1.75 bits per heavy atom. The van der Waals surface area contributed by atoms with Gasteiger partial charge < -0.3 is 20.3 Å². The van der Waals surface area contributed by atoms with E-state index in [1.165, 1.54) is 0 Å². The van der Waals surface area contributed by atoms with Crippen LogP contribution in [0.1, 0.15) is 19.8 Å². The van der Waals surface area contributed by atoms with Gasteiger partial charge in [0.1, 0.15) is 0 Å². The van der Waals surface area contributed by atoms with E-state index in [9.17, 15) is 0 Å². The van der Waals surface area contributed by atoms with Crippen molar-refractivity contribution in [2.45, 2.75) is 19.8 Å². The van der Waals surface area contributed by atoms with E-state index in [0.717, 1.165) is 39.1 Å². The maximum Gasteiger partial charge on any atom is 0.231 e. The zero-order valence-electron chi connectivity index (χ0n) is 12.5. The zero-order chi connectivity index (χ0) is 14.4. The molecular formula is C13H24N6O. The van der Waals surface area contributed by atoms with Gasteiger partial charge in [0.2, 0.25) is 17.8 Å². The van der Waals surface area contributed by atoms with Crippen molar-refractivity contribution < 1.29 is 4.74 Å². The lowest BCUT2D eigenvalue weighted by Crippen LogP contribution is -2.24. The van der Waals surface area contributed by atoms with Gasteiger partial charge in [-0.2, -0.15) is 15.0 Å². The molecule has 2 heterocycles.